The van der Waals surface area contributed by atoms with Crippen molar-refractivity contribution in [1.82, 2.24) is 9.47 Å². The van der Waals surface area contributed by atoms with E-state index in [-0.39, 0.29) is 18.1 Å². The fraction of sp³-hybridized carbons (Fsp3) is 0.625. The molecular weight excluding hydrogens is 298 g/mol. The van der Waals surface area contributed by atoms with E-state index in [1.165, 1.54) is 0 Å². The highest BCUT2D eigenvalue weighted by Gasteiger charge is 2.23. The molecule has 1 amide bonds. The number of nitro groups is 1. The van der Waals surface area contributed by atoms with Crippen LogP contribution in [0.2, 0.25) is 0 Å². The van der Waals surface area contributed by atoms with Gasteiger partial charge in [0.05, 0.1) is 11.1 Å². The maximum absolute atomic E-state index is 12.4. The minimum atomic E-state index is -0.570. The number of hydrogen-bond donors (Lipinski definition) is 0. The maximum atomic E-state index is 12.4. The van der Waals surface area contributed by atoms with Gasteiger partial charge in [0.2, 0.25) is 5.91 Å². The molecule has 0 saturated carbocycles. The molecule has 1 aromatic heterocycles. The Balaban J connectivity index is 2.06. The topological polar surface area (TPSA) is 85.4 Å². The van der Waals surface area contributed by atoms with Gasteiger partial charge in [0, 0.05) is 25.2 Å². The molecular formula is C16H23N3O4. The quantitative estimate of drug-likeness (QED) is 0.627. The molecule has 7 heteroatoms. The van der Waals surface area contributed by atoms with Gasteiger partial charge in [0.1, 0.15) is 6.54 Å². The first kappa shape index (κ1) is 17.2. The van der Waals surface area contributed by atoms with Crippen molar-refractivity contribution in [3.8, 4) is 0 Å². The molecule has 0 aromatic carbocycles. The van der Waals surface area contributed by atoms with Gasteiger partial charge in [-0.1, -0.05) is 13.8 Å². The molecule has 23 heavy (non-hydrogen) atoms. The SMILES string of the molecule is CC(C)[C@@H]1CCCN(C(=O)Cn2cc([N+](=O)[O-])ccc2=O)CC1. The van der Waals surface area contributed by atoms with Crippen molar-refractivity contribution in [3.63, 3.8) is 0 Å². The Morgan fingerprint density at radius 3 is 2.74 bits per heavy atom. The van der Waals surface area contributed by atoms with Crippen LogP contribution in [0.15, 0.2) is 23.1 Å². The highest BCUT2D eigenvalue weighted by Crippen LogP contribution is 2.24. The van der Waals surface area contributed by atoms with E-state index in [9.17, 15) is 19.7 Å². The average Bonchev–Trinajstić information content (AvgIpc) is 2.75. The van der Waals surface area contributed by atoms with Crippen LogP contribution >= 0.6 is 0 Å². The van der Waals surface area contributed by atoms with Gasteiger partial charge in [-0.15, -0.1) is 0 Å². The lowest BCUT2D eigenvalue weighted by atomic mass is 9.89. The summed E-state index contributed by atoms with van der Waals surface area (Å²) < 4.78 is 1.12. The van der Waals surface area contributed by atoms with E-state index in [1.807, 2.05) is 0 Å². The highest BCUT2D eigenvalue weighted by atomic mass is 16.6. The Morgan fingerprint density at radius 2 is 2.09 bits per heavy atom. The average molecular weight is 321 g/mol. The predicted molar refractivity (Wildman–Crippen MR) is 86.1 cm³/mol. The summed E-state index contributed by atoms with van der Waals surface area (Å²) in [4.78, 5) is 36.2. The van der Waals surface area contributed by atoms with E-state index in [2.05, 4.69) is 13.8 Å². The lowest BCUT2D eigenvalue weighted by Gasteiger charge is -2.22. The number of hydrogen-bond acceptors (Lipinski definition) is 4. The number of carbonyl (C=O) groups excluding carboxylic acids is 1. The van der Waals surface area contributed by atoms with Gasteiger partial charge < -0.3 is 4.90 Å². The van der Waals surface area contributed by atoms with Gasteiger partial charge in [0.25, 0.3) is 11.2 Å². The molecule has 2 heterocycles. The van der Waals surface area contributed by atoms with E-state index in [1.54, 1.807) is 4.90 Å². The summed E-state index contributed by atoms with van der Waals surface area (Å²) in [5.41, 5.74) is -0.591. The van der Waals surface area contributed by atoms with Crippen molar-refractivity contribution < 1.29 is 9.72 Å². The van der Waals surface area contributed by atoms with Crippen LogP contribution in [0, 0.1) is 22.0 Å². The van der Waals surface area contributed by atoms with Crippen molar-refractivity contribution in [1.29, 1.82) is 0 Å². The third-order valence-electron chi connectivity index (χ3n) is 4.55. The van der Waals surface area contributed by atoms with Crippen LogP contribution in [0.3, 0.4) is 0 Å². The van der Waals surface area contributed by atoms with Crippen LogP contribution in [-0.4, -0.2) is 33.4 Å². The summed E-state index contributed by atoms with van der Waals surface area (Å²) >= 11 is 0. The van der Waals surface area contributed by atoms with Gasteiger partial charge in [0.15, 0.2) is 0 Å². The van der Waals surface area contributed by atoms with Crippen LogP contribution in [0.4, 0.5) is 5.69 Å². The smallest absolute Gasteiger partial charge is 0.285 e. The number of amides is 1. The largest absolute Gasteiger partial charge is 0.341 e. The summed E-state index contributed by atoms with van der Waals surface area (Å²) in [6, 6.07) is 2.28. The Bertz CT molecular complexity index is 638. The maximum Gasteiger partial charge on any atom is 0.285 e. The van der Waals surface area contributed by atoms with Gasteiger partial charge in [-0.3, -0.25) is 24.3 Å². The third kappa shape index (κ3) is 4.40. The van der Waals surface area contributed by atoms with E-state index < -0.39 is 10.5 Å². The molecule has 2 rings (SSSR count). The van der Waals surface area contributed by atoms with Gasteiger partial charge in [-0.2, -0.15) is 0 Å². The zero-order chi connectivity index (χ0) is 17.0. The first-order valence-corrected chi connectivity index (χ1v) is 8.01. The van der Waals surface area contributed by atoms with Crippen LogP contribution in [0.1, 0.15) is 33.1 Å². The Morgan fingerprint density at radius 1 is 1.35 bits per heavy atom. The fourth-order valence-electron chi connectivity index (χ4n) is 3.03. The van der Waals surface area contributed by atoms with Crippen molar-refractivity contribution in [3.05, 3.63) is 38.8 Å². The molecule has 0 spiro atoms. The van der Waals surface area contributed by atoms with Gasteiger partial charge >= 0.3 is 0 Å². The Hall–Kier alpha value is -2.18. The zero-order valence-electron chi connectivity index (χ0n) is 13.6. The summed E-state index contributed by atoms with van der Waals surface area (Å²) in [6.07, 6.45) is 4.17. The molecule has 0 unspecified atom stereocenters. The summed E-state index contributed by atoms with van der Waals surface area (Å²) in [7, 11) is 0. The van der Waals surface area contributed by atoms with Crippen molar-refractivity contribution in [2.24, 2.45) is 11.8 Å². The molecule has 1 saturated heterocycles. The minimum absolute atomic E-state index is 0.146. The number of carbonyl (C=O) groups is 1. The van der Waals surface area contributed by atoms with Crippen molar-refractivity contribution >= 4 is 11.6 Å². The van der Waals surface area contributed by atoms with Gasteiger partial charge in [-0.05, 0) is 31.1 Å². The molecule has 0 bridgehead atoms. The zero-order valence-corrected chi connectivity index (χ0v) is 13.6. The van der Waals surface area contributed by atoms with Crippen LogP contribution in [0.25, 0.3) is 0 Å². The summed E-state index contributed by atoms with van der Waals surface area (Å²) in [5, 5.41) is 10.8. The van der Waals surface area contributed by atoms with Crippen LogP contribution in [-0.2, 0) is 11.3 Å². The normalized spacial score (nSPS) is 18.7. The monoisotopic (exact) mass is 321 g/mol. The first-order chi connectivity index (χ1) is 10.9. The summed E-state index contributed by atoms with van der Waals surface area (Å²) in [5.74, 6) is 1.06. The van der Waals surface area contributed by atoms with Gasteiger partial charge in [-0.25, -0.2) is 0 Å². The Kier molecular flexibility index (Phi) is 5.52. The summed E-state index contributed by atoms with van der Waals surface area (Å²) in [6.45, 7) is 5.62. The molecule has 0 N–H and O–H groups in total. The Labute approximate surface area is 135 Å². The van der Waals surface area contributed by atoms with E-state index in [0.29, 0.717) is 24.9 Å². The number of nitrogens with zero attached hydrogens (tertiary/aromatic N) is 3. The molecule has 7 nitrogen and oxygen atoms in total. The van der Waals surface area contributed by atoms with Crippen LogP contribution < -0.4 is 5.56 Å². The van der Waals surface area contributed by atoms with E-state index in [0.717, 1.165) is 42.2 Å². The molecule has 1 atom stereocenters. The predicted octanol–water partition coefficient (Wildman–Crippen LogP) is 2.04. The molecule has 1 fully saturated rings. The van der Waals surface area contributed by atoms with Crippen molar-refractivity contribution in [2.45, 2.75) is 39.7 Å². The fourth-order valence-corrected chi connectivity index (χ4v) is 3.03. The lowest BCUT2D eigenvalue weighted by molar-refractivity contribution is -0.385. The molecule has 0 aliphatic carbocycles. The molecule has 1 aliphatic rings. The molecule has 1 aliphatic heterocycles. The molecule has 0 radical (unpaired) electrons. The second-order valence-corrected chi connectivity index (χ2v) is 6.43. The number of pyridine rings is 1. The second kappa shape index (κ2) is 7.39. The number of aromatic nitrogens is 1. The standard InChI is InChI=1S/C16H23N3O4/c1-12(2)13-4-3-8-17(9-7-13)16(21)11-18-10-14(19(22)23)5-6-15(18)20/h5-6,10,12-13H,3-4,7-9,11H2,1-2H3/t13-/m1/s1. The number of rotatable bonds is 4. The van der Waals surface area contributed by atoms with Crippen LogP contribution in [0.5, 0.6) is 0 Å². The van der Waals surface area contributed by atoms with E-state index >= 15 is 0 Å². The lowest BCUT2D eigenvalue weighted by Crippen LogP contribution is -2.37. The molecule has 126 valence electrons. The second-order valence-electron chi connectivity index (χ2n) is 6.43. The first-order valence-electron chi connectivity index (χ1n) is 8.01. The third-order valence-corrected chi connectivity index (χ3v) is 4.55. The highest BCUT2D eigenvalue weighted by molar-refractivity contribution is 5.76. The molecule has 1 aromatic rings. The van der Waals surface area contributed by atoms with E-state index in [4.69, 9.17) is 0 Å². The minimum Gasteiger partial charge on any atom is -0.341 e. The number of likely N-dealkylation sites (tertiary alicyclic amines) is 1. The van der Waals surface area contributed by atoms with Crippen molar-refractivity contribution in [2.75, 3.05) is 13.1 Å².